The molecule has 1 aromatic rings. The van der Waals surface area contributed by atoms with Gasteiger partial charge in [0.25, 0.3) is 0 Å². The number of hydrogen-bond donors (Lipinski definition) is 1. The van der Waals surface area contributed by atoms with E-state index in [4.69, 9.17) is 4.74 Å². The number of pyridine rings is 1. The third-order valence-electron chi connectivity index (χ3n) is 2.55. The molecule has 2 unspecified atom stereocenters. The zero-order chi connectivity index (χ0) is 10.8. The highest BCUT2D eigenvalue weighted by Gasteiger charge is 2.31. The molecule has 3 nitrogen and oxygen atoms in total. The van der Waals surface area contributed by atoms with Gasteiger partial charge in [-0.3, -0.25) is 4.98 Å². The van der Waals surface area contributed by atoms with Crippen LogP contribution in [0.2, 0.25) is 0 Å². The van der Waals surface area contributed by atoms with Crippen molar-refractivity contribution in [1.29, 1.82) is 0 Å². The Morgan fingerprint density at radius 2 is 2.33 bits per heavy atom. The minimum Gasteiger partial charge on any atom is -0.396 e. The van der Waals surface area contributed by atoms with Crippen molar-refractivity contribution >= 4 is 31.9 Å². The summed E-state index contributed by atoms with van der Waals surface area (Å²) in [6.45, 7) is 0.842. The van der Waals surface area contributed by atoms with Gasteiger partial charge in [-0.2, -0.15) is 0 Å². The Morgan fingerprint density at radius 1 is 1.53 bits per heavy atom. The number of aromatic nitrogens is 1. The first-order valence-electron chi connectivity index (χ1n) is 4.75. The lowest BCUT2D eigenvalue weighted by Crippen LogP contribution is -2.13. The fourth-order valence-electron chi connectivity index (χ4n) is 1.76. The molecule has 2 heterocycles. The van der Waals surface area contributed by atoms with Gasteiger partial charge in [-0.15, -0.1) is 0 Å². The first kappa shape index (κ1) is 11.5. The van der Waals surface area contributed by atoms with Crippen molar-refractivity contribution in [3.63, 3.8) is 0 Å². The Hall–Kier alpha value is 0.0300. The predicted molar refractivity (Wildman–Crippen MR) is 63.5 cm³/mol. The second kappa shape index (κ2) is 4.91. The fourth-order valence-corrected chi connectivity index (χ4v) is 2.97. The summed E-state index contributed by atoms with van der Waals surface area (Å²) in [5.41, 5.74) is 0.870. The summed E-state index contributed by atoms with van der Waals surface area (Å²) in [6.07, 6.45) is 2.55. The largest absolute Gasteiger partial charge is 0.396 e. The smallest absolute Gasteiger partial charge is 0.106 e. The summed E-state index contributed by atoms with van der Waals surface area (Å²) in [7, 11) is 0. The maximum atomic E-state index is 9.21. The van der Waals surface area contributed by atoms with Gasteiger partial charge in [-0.05, 0) is 44.3 Å². The fraction of sp³-hybridized carbons (Fsp3) is 0.500. The van der Waals surface area contributed by atoms with Gasteiger partial charge in [0.05, 0.1) is 5.69 Å². The van der Waals surface area contributed by atoms with Crippen molar-refractivity contribution in [1.82, 2.24) is 4.98 Å². The number of ether oxygens (including phenoxy) is 1. The van der Waals surface area contributed by atoms with E-state index in [0.717, 1.165) is 21.1 Å². The molecule has 1 fully saturated rings. The molecule has 1 aliphatic heterocycles. The molecule has 82 valence electrons. The van der Waals surface area contributed by atoms with Crippen LogP contribution in [0.5, 0.6) is 0 Å². The molecule has 2 rings (SSSR count). The van der Waals surface area contributed by atoms with E-state index >= 15 is 0 Å². The number of aliphatic hydroxyl groups excluding tert-OH is 1. The zero-order valence-electron chi connectivity index (χ0n) is 7.99. The van der Waals surface area contributed by atoms with Gasteiger partial charge in [0.15, 0.2) is 0 Å². The maximum Gasteiger partial charge on any atom is 0.106 e. The molecule has 0 aliphatic carbocycles. The minimum atomic E-state index is -0.0857. The van der Waals surface area contributed by atoms with E-state index in [2.05, 4.69) is 36.8 Å². The average Bonchev–Trinajstić information content (AvgIpc) is 2.65. The van der Waals surface area contributed by atoms with Crippen LogP contribution in [-0.4, -0.2) is 23.3 Å². The summed E-state index contributed by atoms with van der Waals surface area (Å²) in [5.74, 6) is 0.162. The summed E-state index contributed by atoms with van der Waals surface area (Å²) < 4.78 is 7.44. The summed E-state index contributed by atoms with van der Waals surface area (Å²) in [6, 6.07) is 1.94. The topological polar surface area (TPSA) is 42.4 Å². The van der Waals surface area contributed by atoms with Gasteiger partial charge in [0.1, 0.15) is 6.10 Å². The zero-order valence-corrected chi connectivity index (χ0v) is 11.2. The van der Waals surface area contributed by atoms with Gasteiger partial charge < -0.3 is 9.84 Å². The Morgan fingerprint density at radius 3 is 3.00 bits per heavy atom. The van der Waals surface area contributed by atoms with Crippen molar-refractivity contribution in [2.75, 3.05) is 13.2 Å². The Bertz CT molecular complexity index is 359. The van der Waals surface area contributed by atoms with E-state index in [1.165, 1.54) is 0 Å². The molecule has 1 saturated heterocycles. The third kappa shape index (κ3) is 2.41. The summed E-state index contributed by atoms with van der Waals surface area (Å²) >= 11 is 6.81. The molecule has 0 spiro atoms. The van der Waals surface area contributed by atoms with E-state index < -0.39 is 0 Å². The second-order valence-corrected chi connectivity index (χ2v) is 5.31. The van der Waals surface area contributed by atoms with Crippen molar-refractivity contribution < 1.29 is 9.84 Å². The first-order valence-corrected chi connectivity index (χ1v) is 6.34. The van der Waals surface area contributed by atoms with Crippen LogP contribution in [0.3, 0.4) is 0 Å². The highest BCUT2D eigenvalue weighted by Crippen LogP contribution is 2.37. The van der Waals surface area contributed by atoms with Gasteiger partial charge in [-0.1, -0.05) is 0 Å². The van der Waals surface area contributed by atoms with Crippen molar-refractivity contribution in [2.45, 2.75) is 12.5 Å². The predicted octanol–water partition coefficient (Wildman–Crippen LogP) is 2.68. The van der Waals surface area contributed by atoms with Crippen molar-refractivity contribution in [2.24, 2.45) is 5.92 Å². The van der Waals surface area contributed by atoms with Gasteiger partial charge in [0, 0.05) is 34.3 Å². The number of halogens is 2. The van der Waals surface area contributed by atoms with E-state index in [9.17, 15) is 5.11 Å². The molecule has 1 aliphatic rings. The Labute approximate surface area is 105 Å². The molecule has 1 aromatic heterocycles. The Kier molecular flexibility index (Phi) is 3.77. The molecule has 0 saturated carbocycles. The normalized spacial score (nSPS) is 25.8. The van der Waals surface area contributed by atoms with E-state index in [1.807, 2.05) is 6.07 Å². The lowest BCUT2D eigenvalue weighted by atomic mass is 10.00. The quantitative estimate of drug-likeness (QED) is 0.902. The van der Waals surface area contributed by atoms with Crippen LogP contribution in [-0.2, 0) is 4.74 Å². The molecule has 5 heteroatoms. The van der Waals surface area contributed by atoms with E-state index in [0.29, 0.717) is 6.61 Å². The highest BCUT2D eigenvalue weighted by atomic mass is 79.9. The van der Waals surface area contributed by atoms with Crippen LogP contribution in [0.25, 0.3) is 0 Å². The monoisotopic (exact) mass is 335 g/mol. The lowest BCUT2D eigenvalue weighted by molar-refractivity contribution is 0.0683. The van der Waals surface area contributed by atoms with Crippen LogP contribution in [0, 0.1) is 5.92 Å². The maximum absolute atomic E-state index is 9.21. The number of hydrogen-bond acceptors (Lipinski definition) is 3. The van der Waals surface area contributed by atoms with E-state index in [-0.39, 0.29) is 18.6 Å². The molecule has 0 bridgehead atoms. The van der Waals surface area contributed by atoms with Crippen LogP contribution in [0.15, 0.2) is 21.2 Å². The molecule has 1 N–H and O–H groups in total. The van der Waals surface area contributed by atoms with Crippen LogP contribution >= 0.6 is 31.9 Å². The summed E-state index contributed by atoms with van der Waals surface area (Å²) in [4.78, 5) is 4.33. The molecular weight excluding hydrogens is 326 g/mol. The van der Waals surface area contributed by atoms with Gasteiger partial charge >= 0.3 is 0 Å². The second-order valence-electron chi connectivity index (χ2n) is 3.54. The number of aliphatic hydroxyl groups is 1. The summed E-state index contributed by atoms with van der Waals surface area (Å²) in [5, 5.41) is 9.21. The van der Waals surface area contributed by atoms with E-state index in [1.54, 1.807) is 6.20 Å². The first-order chi connectivity index (χ1) is 7.22. The molecule has 0 radical (unpaired) electrons. The van der Waals surface area contributed by atoms with Gasteiger partial charge in [0.2, 0.25) is 0 Å². The molecule has 15 heavy (non-hydrogen) atoms. The molecule has 2 atom stereocenters. The molecular formula is C10H11Br2NO2. The average molecular weight is 337 g/mol. The Balaban J connectivity index is 2.28. The van der Waals surface area contributed by atoms with Crippen LogP contribution in [0.4, 0.5) is 0 Å². The SMILES string of the molecule is OCC1CCOC1c1ncc(Br)cc1Br. The van der Waals surface area contributed by atoms with Crippen molar-refractivity contribution in [3.8, 4) is 0 Å². The van der Waals surface area contributed by atoms with Crippen LogP contribution in [0.1, 0.15) is 18.2 Å². The third-order valence-corrected chi connectivity index (χ3v) is 3.62. The minimum absolute atomic E-state index is 0.0857. The number of nitrogens with zero attached hydrogens (tertiary/aromatic N) is 1. The lowest BCUT2D eigenvalue weighted by Gasteiger charge is -2.17. The molecule has 0 aromatic carbocycles. The molecule has 0 amide bonds. The standard InChI is InChI=1S/C10H11Br2NO2/c11-7-3-8(12)9(13-4-7)10-6(5-14)1-2-15-10/h3-4,6,10,14H,1-2,5H2. The van der Waals surface area contributed by atoms with Crippen LogP contribution < -0.4 is 0 Å². The van der Waals surface area contributed by atoms with Crippen molar-refractivity contribution in [3.05, 3.63) is 26.9 Å². The number of rotatable bonds is 2. The highest BCUT2D eigenvalue weighted by molar-refractivity contribution is 9.11. The van der Waals surface area contributed by atoms with Gasteiger partial charge in [-0.25, -0.2) is 0 Å².